The second-order valence-electron chi connectivity index (χ2n) is 6.03. The summed E-state index contributed by atoms with van der Waals surface area (Å²) in [5.74, 6) is 0.209. The van der Waals surface area contributed by atoms with E-state index in [-0.39, 0.29) is 12.3 Å². The van der Waals surface area contributed by atoms with Crippen LogP contribution in [0.25, 0.3) is 0 Å². The lowest BCUT2D eigenvalue weighted by atomic mass is 10.1. The first-order valence-corrected chi connectivity index (χ1v) is 8.84. The van der Waals surface area contributed by atoms with Crippen molar-refractivity contribution in [3.05, 3.63) is 57.6 Å². The molecule has 5 nitrogen and oxygen atoms in total. The van der Waals surface area contributed by atoms with Gasteiger partial charge in [-0.25, -0.2) is 0 Å². The van der Waals surface area contributed by atoms with Gasteiger partial charge in [0.1, 0.15) is 0 Å². The first-order chi connectivity index (χ1) is 11.8. The quantitative estimate of drug-likeness (QED) is 0.519. The predicted molar refractivity (Wildman–Crippen MR) is 108 cm³/mol. The number of carbonyl (C=O) groups is 1. The third kappa shape index (κ3) is 6.23. The van der Waals surface area contributed by atoms with Crippen LogP contribution in [0.3, 0.4) is 0 Å². The van der Waals surface area contributed by atoms with E-state index in [9.17, 15) is 4.79 Å². The van der Waals surface area contributed by atoms with E-state index in [4.69, 9.17) is 5.73 Å². The number of guanidine groups is 1. The van der Waals surface area contributed by atoms with Gasteiger partial charge < -0.3 is 16.4 Å². The van der Waals surface area contributed by atoms with Crippen LogP contribution in [-0.2, 0) is 4.79 Å². The molecule has 0 saturated heterocycles. The van der Waals surface area contributed by atoms with Gasteiger partial charge >= 0.3 is 0 Å². The zero-order valence-corrected chi connectivity index (χ0v) is 16.3. The molecule has 0 atom stereocenters. The molecule has 0 unspecified atom stereocenters. The summed E-state index contributed by atoms with van der Waals surface area (Å²) in [5.41, 5.74) is 10.9. The number of aliphatic imine (C=N–C) groups is 1. The lowest BCUT2D eigenvalue weighted by molar-refractivity contribution is -0.116. The summed E-state index contributed by atoms with van der Waals surface area (Å²) >= 11 is 3.40. The number of rotatable bonds is 5. The van der Waals surface area contributed by atoms with Crippen LogP contribution in [0, 0.1) is 20.8 Å². The van der Waals surface area contributed by atoms with Crippen molar-refractivity contribution in [2.75, 3.05) is 17.2 Å². The summed E-state index contributed by atoms with van der Waals surface area (Å²) in [6, 6.07) is 11.9. The molecule has 0 bridgehead atoms. The van der Waals surface area contributed by atoms with Crippen molar-refractivity contribution in [1.29, 1.82) is 0 Å². The molecule has 0 aromatic heterocycles. The maximum atomic E-state index is 12.0. The average Bonchev–Trinajstić information content (AvgIpc) is 2.49. The van der Waals surface area contributed by atoms with Crippen LogP contribution in [0.1, 0.15) is 23.1 Å². The number of halogens is 1. The van der Waals surface area contributed by atoms with Gasteiger partial charge in [0.25, 0.3) is 0 Å². The molecule has 0 spiro atoms. The molecule has 0 aliphatic carbocycles. The van der Waals surface area contributed by atoms with E-state index in [1.54, 1.807) is 0 Å². The predicted octanol–water partition coefficient (Wildman–Crippen LogP) is 4.13. The van der Waals surface area contributed by atoms with Gasteiger partial charge in [-0.2, -0.15) is 0 Å². The molecule has 1 amide bonds. The lowest BCUT2D eigenvalue weighted by Crippen LogP contribution is -2.23. The third-order valence-corrected chi connectivity index (χ3v) is 4.08. The van der Waals surface area contributed by atoms with Gasteiger partial charge in [-0.05, 0) is 61.7 Å². The van der Waals surface area contributed by atoms with E-state index < -0.39 is 0 Å². The Morgan fingerprint density at radius 2 is 1.76 bits per heavy atom. The summed E-state index contributed by atoms with van der Waals surface area (Å²) in [6.07, 6.45) is 0.265. The Balaban J connectivity index is 1.86. The number of hydrogen-bond donors (Lipinski definition) is 3. The third-order valence-electron chi connectivity index (χ3n) is 3.59. The van der Waals surface area contributed by atoms with Gasteiger partial charge in [-0.15, -0.1) is 0 Å². The van der Waals surface area contributed by atoms with Crippen LogP contribution < -0.4 is 16.4 Å². The van der Waals surface area contributed by atoms with Crippen molar-refractivity contribution in [1.82, 2.24) is 0 Å². The second kappa shape index (κ2) is 8.67. The van der Waals surface area contributed by atoms with E-state index in [0.29, 0.717) is 12.5 Å². The van der Waals surface area contributed by atoms with Crippen molar-refractivity contribution in [2.45, 2.75) is 27.2 Å². The van der Waals surface area contributed by atoms with Crippen molar-refractivity contribution in [2.24, 2.45) is 10.7 Å². The molecule has 132 valence electrons. The Kier molecular flexibility index (Phi) is 6.58. The van der Waals surface area contributed by atoms with Crippen LogP contribution in [0.5, 0.6) is 0 Å². The van der Waals surface area contributed by atoms with E-state index in [1.165, 1.54) is 0 Å². The van der Waals surface area contributed by atoms with Crippen molar-refractivity contribution in [3.63, 3.8) is 0 Å². The van der Waals surface area contributed by atoms with Gasteiger partial charge in [0.2, 0.25) is 5.91 Å². The molecule has 25 heavy (non-hydrogen) atoms. The molecule has 4 N–H and O–H groups in total. The van der Waals surface area contributed by atoms with Crippen molar-refractivity contribution in [3.8, 4) is 0 Å². The Morgan fingerprint density at radius 3 is 2.44 bits per heavy atom. The number of nitrogens with two attached hydrogens (primary N) is 1. The minimum absolute atomic E-state index is 0.0934. The molecule has 0 saturated carbocycles. The molecule has 0 radical (unpaired) electrons. The Morgan fingerprint density at radius 1 is 1.08 bits per heavy atom. The zero-order valence-electron chi connectivity index (χ0n) is 14.7. The highest BCUT2D eigenvalue weighted by molar-refractivity contribution is 9.10. The second-order valence-corrected chi connectivity index (χ2v) is 6.94. The first-order valence-electron chi connectivity index (χ1n) is 8.05. The number of benzene rings is 2. The largest absolute Gasteiger partial charge is 0.370 e. The van der Waals surface area contributed by atoms with Gasteiger partial charge in [0, 0.05) is 22.3 Å². The zero-order chi connectivity index (χ0) is 18.4. The number of anilines is 2. The van der Waals surface area contributed by atoms with E-state index in [0.717, 1.165) is 32.5 Å². The number of nitrogens with one attached hydrogen (secondary N) is 2. The molecular weight excluding hydrogens is 380 g/mol. The molecule has 2 rings (SSSR count). The maximum absolute atomic E-state index is 12.0. The summed E-state index contributed by atoms with van der Waals surface area (Å²) in [6.45, 7) is 6.33. The van der Waals surface area contributed by atoms with E-state index in [1.807, 2.05) is 51.1 Å². The molecule has 0 fully saturated rings. The number of aryl methyl sites for hydroxylation is 3. The number of hydrogen-bond acceptors (Lipinski definition) is 2. The maximum Gasteiger partial charge on any atom is 0.226 e. The fourth-order valence-electron chi connectivity index (χ4n) is 2.45. The van der Waals surface area contributed by atoms with Crippen LogP contribution in [0.2, 0.25) is 0 Å². The highest BCUT2D eigenvalue weighted by atomic mass is 79.9. The van der Waals surface area contributed by atoms with Gasteiger partial charge in [-0.1, -0.05) is 28.1 Å². The van der Waals surface area contributed by atoms with Crippen LogP contribution in [0.15, 0.2) is 45.9 Å². The van der Waals surface area contributed by atoms with Crippen LogP contribution in [0.4, 0.5) is 11.4 Å². The average molecular weight is 403 g/mol. The molecule has 6 heteroatoms. The van der Waals surface area contributed by atoms with Gasteiger partial charge in [-0.3, -0.25) is 9.79 Å². The van der Waals surface area contributed by atoms with E-state index in [2.05, 4.69) is 37.6 Å². The highest BCUT2D eigenvalue weighted by Gasteiger charge is 2.05. The molecule has 0 aliphatic rings. The molecular formula is C19H23BrN4O. The van der Waals surface area contributed by atoms with Crippen LogP contribution in [-0.4, -0.2) is 18.4 Å². The molecule has 2 aromatic rings. The SMILES string of the molecule is Cc1cc(C)cc(NC(N)=NCCC(=O)Nc2cc(Br)ccc2C)c1. The van der Waals surface area contributed by atoms with E-state index >= 15 is 0 Å². The van der Waals surface area contributed by atoms with Crippen LogP contribution >= 0.6 is 15.9 Å². The minimum atomic E-state index is -0.0934. The fraction of sp³-hybridized carbons (Fsp3) is 0.263. The smallest absolute Gasteiger partial charge is 0.226 e. The summed E-state index contributed by atoms with van der Waals surface area (Å²) in [5, 5.41) is 5.94. The minimum Gasteiger partial charge on any atom is -0.370 e. The lowest BCUT2D eigenvalue weighted by Gasteiger charge is -2.09. The first kappa shape index (κ1) is 19.0. The Labute approximate surface area is 156 Å². The summed E-state index contributed by atoms with van der Waals surface area (Å²) in [7, 11) is 0. The van der Waals surface area contributed by atoms with Gasteiger partial charge in [0.15, 0.2) is 5.96 Å². The van der Waals surface area contributed by atoms with Crippen molar-refractivity contribution >= 4 is 39.2 Å². The molecule has 0 heterocycles. The number of amides is 1. The molecule has 0 aliphatic heterocycles. The number of carbonyl (C=O) groups excluding carboxylic acids is 1. The standard InChI is InChI=1S/C19H23BrN4O/c1-12-8-13(2)10-16(9-12)23-19(21)22-7-6-18(25)24-17-11-15(20)5-4-14(17)3/h4-5,8-11H,6-7H2,1-3H3,(H,24,25)(H3,21,22,23). The Hall–Kier alpha value is -2.34. The topological polar surface area (TPSA) is 79.5 Å². The number of nitrogens with zero attached hydrogens (tertiary/aromatic N) is 1. The highest BCUT2D eigenvalue weighted by Crippen LogP contribution is 2.20. The summed E-state index contributed by atoms with van der Waals surface area (Å²) < 4.78 is 0.924. The Bertz CT molecular complexity index is 782. The van der Waals surface area contributed by atoms with Gasteiger partial charge in [0.05, 0.1) is 6.54 Å². The fourth-order valence-corrected chi connectivity index (χ4v) is 2.81. The molecule has 2 aromatic carbocycles. The summed E-state index contributed by atoms with van der Waals surface area (Å²) in [4.78, 5) is 16.3. The monoisotopic (exact) mass is 402 g/mol. The normalized spacial score (nSPS) is 11.3. The van der Waals surface area contributed by atoms with Crippen molar-refractivity contribution < 1.29 is 4.79 Å².